The van der Waals surface area contributed by atoms with Gasteiger partial charge in [0.15, 0.2) is 0 Å². The maximum atomic E-state index is 12.2. The lowest BCUT2D eigenvalue weighted by Gasteiger charge is -2.08. The highest BCUT2D eigenvalue weighted by molar-refractivity contribution is 6.05. The number of anilines is 1. The van der Waals surface area contributed by atoms with Gasteiger partial charge in [0.1, 0.15) is 5.56 Å². The summed E-state index contributed by atoms with van der Waals surface area (Å²) in [5, 5.41) is 7.06. The Morgan fingerprint density at radius 1 is 1.57 bits per heavy atom. The Bertz CT molecular complexity index is 635. The van der Waals surface area contributed by atoms with Gasteiger partial charge in [-0.05, 0) is 18.6 Å². The van der Waals surface area contributed by atoms with Gasteiger partial charge in [-0.2, -0.15) is 5.10 Å². The van der Waals surface area contributed by atoms with E-state index in [0.717, 1.165) is 13.0 Å². The third-order valence-corrected chi connectivity index (χ3v) is 3.35. The third kappa shape index (κ3) is 2.87. The van der Waals surface area contributed by atoms with Gasteiger partial charge < -0.3 is 14.8 Å². The van der Waals surface area contributed by atoms with Gasteiger partial charge in [0.05, 0.1) is 31.6 Å². The normalized spacial score (nSPS) is 17.7. The fraction of sp³-hybridized carbons (Fsp3) is 0.357. The molecule has 2 aromatic rings. The van der Waals surface area contributed by atoms with E-state index in [1.54, 1.807) is 30.7 Å². The number of nitrogens with zero attached hydrogens (tertiary/aromatic N) is 3. The highest BCUT2D eigenvalue weighted by atomic mass is 16.5. The SMILES string of the molecule is COc1ncccc1C(=O)Nc1cnn(C2CCOC2)c1. The summed E-state index contributed by atoms with van der Waals surface area (Å²) < 4.78 is 12.2. The van der Waals surface area contributed by atoms with Gasteiger partial charge in [0.2, 0.25) is 5.88 Å². The Balaban J connectivity index is 1.72. The molecule has 0 radical (unpaired) electrons. The quantitative estimate of drug-likeness (QED) is 0.922. The van der Waals surface area contributed by atoms with Crippen molar-refractivity contribution in [3.05, 3.63) is 36.3 Å². The summed E-state index contributed by atoms with van der Waals surface area (Å²) in [6.45, 7) is 1.41. The van der Waals surface area contributed by atoms with Crippen LogP contribution >= 0.6 is 0 Å². The molecule has 7 nitrogen and oxygen atoms in total. The molecule has 1 unspecified atom stereocenters. The molecule has 1 N–H and O–H groups in total. The Hall–Kier alpha value is -2.41. The number of carbonyl (C=O) groups is 1. The number of hydrogen-bond acceptors (Lipinski definition) is 5. The minimum absolute atomic E-state index is 0.239. The molecule has 0 aromatic carbocycles. The number of ether oxygens (including phenoxy) is 2. The fourth-order valence-corrected chi connectivity index (χ4v) is 2.26. The zero-order chi connectivity index (χ0) is 14.7. The second kappa shape index (κ2) is 5.92. The van der Waals surface area contributed by atoms with E-state index in [0.29, 0.717) is 23.7 Å². The van der Waals surface area contributed by atoms with Crippen molar-refractivity contribution in [1.29, 1.82) is 0 Å². The van der Waals surface area contributed by atoms with Crippen molar-refractivity contribution in [3.63, 3.8) is 0 Å². The van der Waals surface area contributed by atoms with Crippen molar-refractivity contribution < 1.29 is 14.3 Å². The molecule has 110 valence electrons. The van der Waals surface area contributed by atoms with Crippen molar-refractivity contribution in [2.45, 2.75) is 12.5 Å². The molecule has 1 amide bonds. The van der Waals surface area contributed by atoms with E-state index in [2.05, 4.69) is 15.4 Å². The average Bonchev–Trinajstić information content (AvgIpc) is 3.17. The van der Waals surface area contributed by atoms with Crippen molar-refractivity contribution in [2.24, 2.45) is 0 Å². The van der Waals surface area contributed by atoms with E-state index in [1.165, 1.54) is 7.11 Å². The van der Waals surface area contributed by atoms with Crippen LogP contribution in [-0.4, -0.2) is 41.0 Å². The molecule has 1 atom stereocenters. The minimum Gasteiger partial charge on any atom is -0.480 e. The second-order valence-electron chi connectivity index (χ2n) is 4.74. The van der Waals surface area contributed by atoms with Crippen LogP contribution in [0, 0.1) is 0 Å². The van der Waals surface area contributed by atoms with Crippen LogP contribution in [0.15, 0.2) is 30.7 Å². The molecule has 2 aromatic heterocycles. The van der Waals surface area contributed by atoms with Gasteiger partial charge in [-0.25, -0.2) is 4.98 Å². The Labute approximate surface area is 121 Å². The zero-order valence-corrected chi connectivity index (χ0v) is 11.7. The molecule has 7 heteroatoms. The van der Waals surface area contributed by atoms with Crippen LogP contribution in [0.25, 0.3) is 0 Å². The summed E-state index contributed by atoms with van der Waals surface area (Å²) in [4.78, 5) is 16.2. The Kier molecular flexibility index (Phi) is 3.83. The highest BCUT2D eigenvalue weighted by Crippen LogP contribution is 2.21. The lowest BCUT2D eigenvalue weighted by Crippen LogP contribution is -2.13. The number of hydrogen-bond donors (Lipinski definition) is 1. The average molecular weight is 288 g/mol. The summed E-state index contributed by atoms with van der Waals surface area (Å²) in [6.07, 6.45) is 5.94. The number of pyridine rings is 1. The summed E-state index contributed by atoms with van der Waals surface area (Å²) in [6, 6.07) is 3.59. The van der Waals surface area contributed by atoms with E-state index < -0.39 is 0 Å². The third-order valence-electron chi connectivity index (χ3n) is 3.35. The van der Waals surface area contributed by atoms with Crippen molar-refractivity contribution in [2.75, 3.05) is 25.6 Å². The maximum absolute atomic E-state index is 12.2. The van der Waals surface area contributed by atoms with Gasteiger partial charge in [-0.15, -0.1) is 0 Å². The fourth-order valence-electron chi connectivity index (χ4n) is 2.26. The molecule has 0 bridgehead atoms. The van der Waals surface area contributed by atoms with Gasteiger partial charge in [0, 0.05) is 19.0 Å². The van der Waals surface area contributed by atoms with Crippen LogP contribution < -0.4 is 10.1 Å². The Morgan fingerprint density at radius 2 is 2.48 bits per heavy atom. The van der Waals surface area contributed by atoms with E-state index in [4.69, 9.17) is 9.47 Å². The molecule has 0 saturated carbocycles. The van der Waals surface area contributed by atoms with Gasteiger partial charge >= 0.3 is 0 Å². The minimum atomic E-state index is -0.276. The van der Waals surface area contributed by atoms with E-state index >= 15 is 0 Å². The zero-order valence-electron chi connectivity index (χ0n) is 11.7. The van der Waals surface area contributed by atoms with Crippen molar-refractivity contribution in [3.8, 4) is 5.88 Å². The van der Waals surface area contributed by atoms with Crippen molar-refractivity contribution in [1.82, 2.24) is 14.8 Å². The van der Waals surface area contributed by atoms with Crippen LogP contribution in [0.3, 0.4) is 0 Å². The molecular formula is C14H16N4O3. The lowest BCUT2D eigenvalue weighted by molar-refractivity contribution is 0.102. The number of amides is 1. The predicted octanol–water partition coefficient (Wildman–Crippen LogP) is 1.50. The number of nitrogens with one attached hydrogen (secondary N) is 1. The molecule has 1 saturated heterocycles. The second-order valence-corrected chi connectivity index (χ2v) is 4.74. The first kappa shape index (κ1) is 13.6. The molecule has 3 rings (SSSR count). The monoisotopic (exact) mass is 288 g/mol. The molecule has 1 aliphatic rings. The van der Waals surface area contributed by atoms with Crippen LogP contribution in [0.2, 0.25) is 0 Å². The lowest BCUT2D eigenvalue weighted by atomic mass is 10.2. The molecular weight excluding hydrogens is 272 g/mol. The highest BCUT2D eigenvalue weighted by Gasteiger charge is 2.19. The van der Waals surface area contributed by atoms with Crippen LogP contribution in [0.4, 0.5) is 5.69 Å². The Morgan fingerprint density at radius 3 is 3.24 bits per heavy atom. The van der Waals surface area contributed by atoms with E-state index in [9.17, 15) is 4.79 Å². The smallest absolute Gasteiger partial charge is 0.261 e. The summed E-state index contributed by atoms with van der Waals surface area (Å²) >= 11 is 0. The topological polar surface area (TPSA) is 78.3 Å². The first-order chi connectivity index (χ1) is 10.3. The first-order valence-electron chi connectivity index (χ1n) is 6.70. The maximum Gasteiger partial charge on any atom is 0.261 e. The summed E-state index contributed by atoms with van der Waals surface area (Å²) in [5.74, 6) is 0.0220. The molecule has 1 fully saturated rings. The molecule has 21 heavy (non-hydrogen) atoms. The van der Waals surface area contributed by atoms with E-state index in [1.807, 2.05) is 4.68 Å². The van der Waals surface area contributed by atoms with Crippen LogP contribution in [0.1, 0.15) is 22.8 Å². The van der Waals surface area contributed by atoms with E-state index in [-0.39, 0.29) is 11.9 Å². The predicted molar refractivity (Wildman–Crippen MR) is 75.4 cm³/mol. The standard InChI is InChI=1S/C14H16N4O3/c1-20-14-12(3-2-5-15-14)13(19)17-10-7-16-18(8-10)11-4-6-21-9-11/h2-3,5,7-8,11H,4,6,9H2,1H3,(H,17,19). The van der Waals surface area contributed by atoms with Gasteiger partial charge in [-0.1, -0.05) is 0 Å². The van der Waals surface area contributed by atoms with Crippen LogP contribution in [-0.2, 0) is 4.74 Å². The van der Waals surface area contributed by atoms with Crippen LogP contribution in [0.5, 0.6) is 5.88 Å². The van der Waals surface area contributed by atoms with Gasteiger partial charge in [0.25, 0.3) is 5.91 Å². The molecule has 1 aliphatic heterocycles. The van der Waals surface area contributed by atoms with Gasteiger partial charge in [-0.3, -0.25) is 9.48 Å². The number of methoxy groups -OCH3 is 1. The van der Waals surface area contributed by atoms with Crippen molar-refractivity contribution >= 4 is 11.6 Å². The number of rotatable bonds is 4. The summed E-state index contributed by atoms with van der Waals surface area (Å²) in [7, 11) is 1.48. The largest absolute Gasteiger partial charge is 0.480 e. The number of aromatic nitrogens is 3. The number of carbonyl (C=O) groups excluding carboxylic acids is 1. The summed E-state index contributed by atoms with van der Waals surface area (Å²) in [5.41, 5.74) is 1.02. The first-order valence-corrected chi connectivity index (χ1v) is 6.70. The molecule has 0 aliphatic carbocycles. The molecule has 0 spiro atoms. The molecule has 3 heterocycles.